The normalized spacial score (nSPS) is 15.5. The van der Waals surface area contributed by atoms with E-state index in [1.54, 1.807) is 18.2 Å². The molecule has 2 aromatic rings. The van der Waals surface area contributed by atoms with E-state index in [9.17, 15) is 9.59 Å². The van der Waals surface area contributed by atoms with Gasteiger partial charge in [-0.2, -0.15) is 0 Å². The summed E-state index contributed by atoms with van der Waals surface area (Å²) < 4.78 is 11.1. The number of amides is 2. The number of halogens is 1. The van der Waals surface area contributed by atoms with E-state index in [2.05, 4.69) is 0 Å². The molecule has 7 heteroatoms. The fourth-order valence-corrected chi connectivity index (χ4v) is 4.02. The van der Waals surface area contributed by atoms with Crippen molar-refractivity contribution in [2.45, 2.75) is 33.4 Å². The molecule has 1 saturated heterocycles. The number of nitrogens with zero attached hydrogens (tertiary/aromatic N) is 1. The Morgan fingerprint density at radius 1 is 1.21 bits per heavy atom. The zero-order valence-electron chi connectivity index (χ0n) is 16.7. The molecule has 152 valence electrons. The van der Waals surface area contributed by atoms with Gasteiger partial charge in [-0.3, -0.25) is 14.5 Å². The molecule has 5 nitrogen and oxygen atoms in total. The predicted molar refractivity (Wildman–Crippen MR) is 116 cm³/mol. The van der Waals surface area contributed by atoms with Crippen molar-refractivity contribution >= 4 is 40.6 Å². The molecule has 0 atom stereocenters. The van der Waals surface area contributed by atoms with Crippen molar-refractivity contribution in [2.75, 3.05) is 7.11 Å². The summed E-state index contributed by atoms with van der Waals surface area (Å²) in [5, 5.41) is 0.0887. The molecule has 2 aromatic carbocycles. The average molecular weight is 432 g/mol. The van der Waals surface area contributed by atoms with Crippen molar-refractivity contribution in [3.63, 3.8) is 0 Å². The van der Waals surface area contributed by atoms with Gasteiger partial charge in [0.05, 0.1) is 29.7 Å². The molecule has 0 aliphatic carbocycles. The zero-order chi connectivity index (χ0) is 21.1. The lowest BCUT2D eigenvalue weighted by Crippen LogP contribution is -2.27. The SMILES string of the molecule is COc1cc(/C=C2\SC(=O)N(Cc3ccccc3C)C2=O)cc(Cl)c1OC(C)C. The lowest BCUT2D eigenvalue weighted by molar-refractivity contribution is -0.123. The second-order valence-corrected chi connectivity index (χ2v) is 8.30. The van der Waals surface area contributed by atoms with Crippen LogP contribution in [0.25, 0.3) is 6.08 Å². The van der Waals surface area contributed by atoms with Crippen molar-refractivity contribution in [1.82, 2.24) is 4.90 Å². The summed E-state index contributed by atoms with van der Waals surface area (Å²) in [7, 11) is 1.53. The number of imide groups is 1. The molecular weight excluding hydrogens is 410 g/mol. The highest BCUT2D eigenvalue weighted by Gasteiger charge is 2.35. The van der Waals surface area contributed by atoms with Gasteiger partial charge in [-0.25, -0.2) is 0 Å². The van der Waals surface area contributed by atoms with Crippen LogP contribution >= 0.6 is 23.4 Å². The molecule has 1 fully saturated rings. The molecule has 2 amide bonds. The molecule has 3 rings (SSSR count). The standard InChI is InChI=1S/C22H22ClNO4S/c1-13(2)28-20-17(23)9-15(10-18(20)27-4)11-19-21(25)24(22(26)29-19)12-16-8-6-5-7-14(16)3/h5-11,13H,12H2,1-4H3/b19-11-. The topological polar surface area (TPSA) is 55.8 Å². The second-order valence-electron chi connectivity index (χ2n) is 6.90. The molecule has 0 bridgehead atoms. The van der Waals surface area contributed by atoms with E-state index in [-0.39, 0.29) is 23.8 Å². The average Bonchev–Trinajstić information content (AvgIpc) is 2.92. The van der Waals surface area contributed by atoms with Gasteiger partial charge in [-0.05, 0) is 67.4 Å². The minimum atomic E-state index is -0.319. The van der Waals surface area contributed by atoms with Crippen LogP contribution in [0.2, 0.25) is 5.02 Å². The summed E-state index contributed by atoms with van der Waals surface area (Å²) in [6, 6.07) is 11.1. The Labute approximate surface area is 179 Å². The fraction of sp³-hybridized carbons (Fsp3) is 0.273. The van der Waals surface area contributed by atoms with Crippen LogP contribution in [-0.2, 0) is 11.3 Å². The van der Waals surface area contributed by atoms with Gasteiger partial charge in [-0.1, -0.05) is 35.9 Å². The van der Waals surface area contributed by atoms with Crippen molar-refractivity contribution in [3.05, 3.63) is 63.0 Å². The largest absolute Gasteiger partial charge is 0.493 e. The highest BCUT2D eigenvalue weighted by molar-refractivity contribution is 8.18. The predicted octanol–water partition coefficient (Wildman–Crippen LogP) is 5.68. The molecule has 0 spiro atoms. The molecule has 0 N–H and O–H groups in total. The Morgan fingerprint density at radius 2 is 1.93 bits per heavy atom. The maximum atomic E-state index is 12.8. The van der Waals surface area contributed by atoms with Crippen LogP contribution in [0.3, 0.4) is 0 Å². The number of carbonyl (C=O) groups is 2. The summed E-state index contributed by atoms with van der Waals surface area (Å²) in [5.74, 6) is 0.603. The molecule has 0 unspecified atom stereocenters. The Balaban J connectivity index is 1.87. The van der Waals surface area contributed by atoms with Gasteiger partial charge in [0.25, 0.3) is 11.1 Å². The smallest absolute Gasteiger partial charge is 0.293 e. The maximum Gasteiger partial charge on any atom is 0.293 e. The van der Waals surface area contributed by atoms with Crippen LogP contribution in [0.15, 0.2) is 41.3 Å². The molecular formula is C22H22ClNO4S. The molecule has 1 aliphatic rings. The van der Waals surface area contributed by atoms with Gasteiger partial charge in [0, 0.05) is 0 Å². The minimum Gasteiger partial charge on any atom is -0.493 e. The number of hydrogen-bond donors (Lipinski definition) is 0. The first-order chi connectivity index (χ1) is 13.8. The first-order valence-electron chi connectivity index (χ1n) is 9.14. The van der Waals surface area contributed by atoms with E-state index in [0.717, 1.165) is 22.9 Å². The Hall–Kier alpha value is -2.44. The van der Waals surface area contributed by atoms with E-state index >= 15 is 0 Å². The number of carbonyl (C=O) groups excluding carboxylic acids is 2. The number of rotatable bonds is 6. The Bertz CT molecular complexity index is 987. The third-order valence-corrected chi connectivity index (χ3v) is 5.55. The Kier molecular flexibility index (Phi) is 6.55. The third-order valence-electron chi connectivity index (χ3n) is 4.37. The van der Waals surface area contributed by atoms with Gasteiger partial charge in [0.2, 0.25) is 0 Å². The monoisotopic (exact) mass is 431 g/mol. The number of hydrogen-bond acceptors (Lipinski definition) is 5. The van der Waals surface area contributed by atoms with E-state index in [1.165, 1.54) is 12.0 Å². The summed E-state index contributed by atoms with van der Waals surface area (Å²) in [6.45, 7) is 6.00. The summed E-state index contributed by atoms with van der Waals surface area (Å²) in [5.41, 5.74) is 2.63. The first kappa shape index (κ1) is 21.3. The van der Waals surface area contributed by atoms with Crippen molar-refractivity contribution < 1.29 is 19.1 Å². The van der Waals surface area contributed by atoms with Crippen LogP contribution in [0.5, 0.6) is 11.5 Å². The zero-order valence-corrected chi connectivity index (χ0v) is 18.3. The van der Waals surface area contributed by atoms with Crippen molar-refractivity contribution in [2.24, 2.45) is 0 Å². The summed E-state index contributed by atoms with van der Waals surface area (Å²) >= 11 is 7.28. The lowest BCUT2D eigenvalue weighted by Gasteiger charge is -2.16. The molecule has 0 saturated carbocycles. The highest BCUT2D eigenvalue weighted by atomic mass is 35.5. The van der Waals surface area contributed by atoms with Gasteiger partial charge >= 0.3 is 0 Å². The van der Waals surface area contributed by atoms with E-state index in [1.807, 2.05) is 45.0 Å². The number of methoxy groups -OCH3 is 1. The number of ether oxygens (including phenoxy) is 2. The Morgan fingerprint density at radius 3 is 2.59 bits per heavy atom. The third kappa shape index (κ3) is 4.77. The van der Waals surface area contributed by atoms with Crippen LogP contribution in [-0.4, -0.2) is 29.3 Å². The fourth-order valence-electron chi connectivity index (χ4n) is 2.92. The van der Waals surface area contributed by atoms with Crippen LogP contribution in [0.4, 0.5) is 4.79 Å². The maximum absolute atomic E-state index is 12.8. The van der Waals surface area contributed by atoms with Crippen molar-refractivity contribution in [1.29, 1.82) is 0 Å². The van der Waals surface area contributed by atoms with E-state index < -0.39 is 0 Å². The quantitative estimate of drug-likeness (QED) is 0.550. The van der Waals surface area contributed by atoms with Crippen LogP contribution < -0.4 is 9.47 Å². The van der Waals surface area contributed by atoms with E-state index in [0.29, 0.717) is 27.0 Å². The van der Waals surface area contributed by atoms with Gasteiger partial charge in [0.1, 0.15) is 0 Å². The van der Waals surface area contributed by atoms with Gasteiger partial charge < -0.3 is 9.47 Å². The van der Waals surface area contributed by atoms with Gasteiger partial charge in [0.15, 0.2) is 11.5 Å². The molecule has 0 radical (unpaired) electrons. The van der Waals surface area contributed by atoms with Gasteiger partial charge in [-0.15, -0.1) is 0 Å². The molecule has 0 aromatic heterocycles. The number of benzene rings is 2. The molecule has 29 heavy (non-hydrogen) atoms. The molecule has 1 heterocycles. The summed E-state index contributed by atoms with van der Waals surface area (Å²) in [4.78, 5) is 26.8. The minimum absolute atomic E-state index is 0.0646. The number of thioether (sulfide) groups is 1. The molecule has 1 aliphatic heterocycles. The number of aryl methyl sites for hydroxylation is 1. The summed E-state index contributed by atoms with van der Waals surface area (Å²) in [6.07, 6.45) is 1.58. The van der Waals surface area contributed by atoms with Crippen LogP contribution in [0, 0.1) is 6.92 Å². The van der Waals surface area contributed by atoms with E-state index in [4.69, 9.17) is 21.1 Å². The second kappa shape index (κ2) is 8.93. The highest BCUT2D eigenvalue weighted by Crippen LogP contribution is 2.39. The first-order valence-corrected chi connectivity index (χ1v) is 10.3. The van der Waals surface area contributed by atoms with Crippen molar-refractivity contribution in [3.8, 4) is 11.5 Å². The van der Waals surface area contributed by atoms with Crippen LogP contribution in [0.1, 0.15) is 30.5 Å². The lowest BCUT2D eigenvalue weighted by atomic mass is 10.1.